The van der Waals surface area contributed by atoms with Gasteiger partial charge in [-0.15, -0.1) is 0 Å². The lowest BCUT2D eigenvalue weighted by Gasteiger charge is -2.23. The maximum Gasteiger partial charge on any atom is 0.307 e. The molecular formula is C16H16FNO3. The fraction of sp³-hybridized carbons (Fsp3) is 0.375. The Labute approximate surface area is 121 Å². The summed E-state index contributed by atoms with van der Waals surface area (Å²) in [4.78, 5) is 23.8. The van der Waals surface area contributed by atoms with Crippen molar-refractivity contribution in [3.63, 3.8) is 0 Å². The second kappa shape index (κ2) is 4.98. The maximum atomic E-state index is 13.5. The number of carboxylic acid groups (broad SMARTS) is 1. The zero-order chi connectivity index (χ0) is 15.1. The van der Waals surface area contributed by atoms with Crippen molar-refractivity contribution in [2.45, 2.75) is 13.3 Å². The van der Waals surface area contributed by atoms with Gasteiger partial charge in [0, 0.05) is 5.69 Å². The highest BCUT2D eigenvalue weighted by Crippen LogP contribution is 2.48. The molecule has 2 aliphatic rings. The van der Waals surface area contributed by atoms with Crippen molar-refractivity contribution in [2.24, 2.45) is 23.7 Å². The van der Waals surface area contributed by atoms with Crippen LogP contribution in [0.4, 0.5) is 10.1 Å². The predicted octanol–water partition coefficient (Wildman–Crippen LogP) is 2.60. The Morgan fingerprint density at radius 3 is 2.52 bits per heavy atom. The topological polar surface area (TPSA) is 66.4 Å². The first-order valence-electron chi connectivity index (χ1n) is 6.95. The van der Waals surface area contributed by atoms with E-state index in [1.54, 1.807) is 19.1 Å². The number of anilines is 1. The van der Waals surface area contributed by atoms with Crippen molar-refractivity contribution in [3.05, 3.63) is 41.7 Å². The van der Waals surface area contributed by atoms with Gasteiger partial charge in [-0.3, -0.25) is 9.59 Å². The standard InChI is InChI=1S/C16H16FNO3/c1-8-2-5-11(7-12(8)17)18-15(19)13-9-3-4-10(6-9)14(13)16(20)21/h2-5,7,9-10,13-14H,6H2,1H3,(H,18,19)(H,20,21)/t9?,10?,13-,14+/m0/s1. The molecule has 0 heterocycles. The van der Waals surface area contributed by atoms with Crippen LogP contribution in [-0.2, 0) is 9.59 Å². The molecule has 2 N–H and O–H groups in total. The summed E-state index contributed by atoms with van der Waals surface area (Å²) in [5.41, 5.74) is 0.859. The Balaban J connectivity index is 1.80. The zero-order valence-corrected chi connectivity index (χ0v) is 11.5. The minimum Gasteiger partial charge on any atom is -0.481 e. The minimum absolute atomic E-state index is 0.0357. The van der Waals surface area contributed by atoms with Gasteiger partial charge in [0.25, 0.3) is 0 Å². The lowest BCUT2D eigenvalue weighted by atomic mass is 9.82. The lowest BCUT2D eigenvalue weighted by molar-refractivity contribution is -0.146. The molecule has 2 bridgehead atoms. The first kappa shape index (κ1) is 13.8. The fourth-order valence-corrected chi connectivity index (χ4v) is 3.41. The van der Waals surface area contributed by atoms with E-state index in [2.05, 4.69) is 5.32 Å². The molecule has 0 aromatic heterocycles. The largest absolute Gasteiger partial charge is 0.481 e. The molecule has 4 atom stereocenters. The first-order valence-corrected chi connectivity index (χ1v) is 6.95. The lowest BCUT2D eigenvalue weighted by Crippen LogP contribution is -2.36. The van der Waals surface area contributed by atoms with Crippen LogP contribution in [0.15, 0.2) is 30.4 Å². The number of hydrogen-bond acceptors (Lipinski definition) is 2. The quantitative estimate of drug-likeness (QED) is 0.841. The van der Waals surface area contributed by atoms with E-state index in [1.807, 2.05) is 12.2 Å². The number of halogens is 1. The van der Waals surface area contributed by atoms with Crippen LogP contribution in [-0.4, -0.2) is 17.0 Å². The summed E-state index contributed by atoms with van der Waals surface area (Å²) in [6.07, 6.45) is 4.51. The molecule has 2 aliphatic carbocycles. The monoisotopic (exact) mass is 289 g/mol. The number of carbonyl (C=O) groups is 2. The third-order valence-corrected chi connectivity index (χ3v) is 4.49. The van der Waals surface area contributed by atoms with E-state index in [1.165, 1.54) is 6.07 Å². The molecule has 3 rings (SSSR count). The van der Waals surface area contributed by atoms with Gasteiger partial charge >= 0.3 is 5.97 Å². The van der Waals surface area contributed by atoms with Crippen LogP contribution < -0.4 is 5.32 Å². The molecule has 1 aromatic carbocycles. The van der Waals surface area contributed by atoms with Crippen molar-refractivity contribution in [3.8, 4) is 0 Å². The number of carbonyl (C=O) groups excluding carboxylic acids is 1. The number of allylic oxidation sites excluding steroid dienone is 2. The van der Waals surface area contributed by atoms with E-state index in [9.17, 15) is 19.1 Å². The smallest absolute Gasteiger partial charge is 0.307 e. The van der Waals surface area contributed by atoms with Crippen molar-refractivity contribution in [1.82, 2.24) is 0 Å². The van der Waals surface area contributed by atoms with E-state index in [-0.39, 0.29) is 17.7 Å². The molecule has 110 valence electrons. The number of benzene rings is 1. The molecule has 1 saturated carbocycles. The highest BCUT2D eigenvalue weighted by atomic mass is 19.1. The molecule has 0 saturated heterocycles. The molecule has 1 amide bonds. The van der Waals surface area contributed by atoms with Crippen LogP contribution in [0.2, 0.25) is 0 Å². The Kier molecular flexibility index (Phi) is 3.27. The third kappa shape index (κ3) is 2.33. The van der Waals surface area contributed by atoms with Crippen LogP contribution in [0.1, 0.15) is 12.0 Å². The second-order valence-corrected chi connectivity index (χ2v) is 5.79. The molecule has 5 heteroatoms. The molecule has 4 nitrogen and oxygen atoms in total. The van der Waals surface area contributed by atoms with Crippen molar-refractivity contribution in [2.75, 3.05) is 5.32 Å². The van der Waals surface area contributed by atoms with E-state index in [0.717, 1.165) is 0 Å². The highest BCUT2D eigenvalue weighted by molar-refractivity contribution is 5.96. The molecule has 0 spiro atoms. The SMILES string of the molecule is Cc1ccc(NC(=O)[C@H]2C3C=CC(C3)[C@H]2C(=O)O)cc1F. The summed E-state index contributed by atoms with van der Waals surface area (Å²) < 4.78 is 13.5. The first-order chi connectivity index (χ1) is 9.97. The molecule has 0 radical (unpaired) electrons. The summed E-state index contributed by atoms with van der Waals surface area (Å²) in [6.45, 7) is 1.64. The van der Waals surface area contributed by atoms with Gasteiger partial charge in [-0.05, 0) is 42.9 Å². The number of carboxylic acids is 1. The summed E-state index contributed by atoms with van der Waals surface area (Å²) >= 11 is 0. The molecule has 0 aliphatic heterocycles. The number of fused-ring (bicyclic) bond motifs is 2. The Morgan fingerprint density at radius 2 is 1.90 bits per heavy atom. The Bertz CT molecular complexity index is 640. The molecular weight excluding hydrogens is 273 g/mol. The zero-order valence-electron chi connectivity index (χ0n) is 11.5. The number of nitrogens with one attached hydrogen (secondary N) is 1. The Hall–Kier alpha value is -2.17. The van der Waals surface area contributed by atoms with Gasteiger partial charge in [-0.1, -0.05) is 18.2 Å². The van der Waals surface area contributed by atoms with E-state index in [4.69, 9.17) is 0 Å². The Morgan fingerprint density at radius 1 is 1.24 bits per heavy atom. The predicted molar refractivity (Wildman–Crippen MR) is 75.1 cm³/mol. The van der Waals surface area contributed by atoms with Crippen LogP contribution >= 0.6 is 0 Å². The molecule has 1 aromatic rings. The summed E-state index contributed by atoms with van der Waals surface area (Å²) in [6, 6.07) is 4.46. The van der Waals surface area contributed by atoms with Crippen molar-refractivity contribution in [1.29, 1.82) is 0 Å². The van der Waals surface area contributed by atoms with E-state index < -0.39 is 23.6 Å². The molecule has 2 unspecified atom stereocenters. The number of aliphatic carboxylic acids is 1. The van der Waals surface area contributed by atoms with Crippen LogP contribution in [0.3, 0.4) is 0 Å². The van der Waals surface area contributed by atoms with Crippen LogP contribution in [0, 0.1) is 36.4 Å². The van der Waals surface area contributed by atoms with Crippen molar-refractivity contribution >= 4 is 17.6 Å². The molecule has 1 fully saturated rings. The number of hydrogen-bond donors (Lipinski definition) is 2. The molecule has 21 heavy (non-hydrogen) atoms. The van der Waals surface area contributed by atoms with Gasteiger partial charge in [0.1, 0.15) is 5.82 Å². The normalized spacial score (nSPS) is 29.6. The average Bonchev–Trinajstić information content (AvgIpc) is 3.03. The van der Waals surface area contributed by atoms with Crippen LogP contribution in [0.5, 0.6) is 0 Å². The van der Waals surface area contributed by atoms with Gasteiger partial charge in [-0.2, -0.15) is 0 Å². The van der Waals surface area contributed by atoms with E-state index >= 15 is 0 Å². The summed E-state index contributed by atoms with van der Waals surface area (Å²) in [7, 11) is 0. The second-order valence-electron chi connectivity index (χ2n) is 5.79. The maximum absolute atomic E-state index is 13.5. The van der Waals surface area contributed by atoms with Gasteiger partial charge in [-0.25, -0.2) is 4.39 Å². The highest BCUT2D eigenvalue weighted by Gasteiger charge is 2.51. The van der Waals surface area contributed by atoms with Crippen LogP contribution in [0.25, 0.3) is 0 Å². The summed E-state index contributed by atoms with van der Waals surface area (Å²) in [5.74, 6) is -3.05. The number of rotatable bonds is 3. The number of amides is 1. The van der Waals surface area contributed by atoms with Gasteiger partial charge in [0.15, 0.2) is 0 Å². The van der Waals surface area contributed by atoms with E-state index in [0.29, 0.717) is 17.7 Å². The minimum atomic E-state index is -0.943. The average molecular weight is 289 g/mol. The van der Waals surface area contributed by atoms with Gasteiger partial charge in [0.2, 0.25) is 5.91 Å². The van der Waals surface area contributed by atoms with Gasteiger partial charge in [0.05, 0.1) is 11.8 Å². The van der Waals surface area contributed by atoms with Crippen molar-refractivity contribution < 1.29 is 19.1 Å². The third-order valence-electron chi connectivity index (χ3n) is 4.49. The number of aryl methyl sites for hydroxylation is 1. The summed E-state index contributed by atoms with van der Waals surface area (Å²) in [5, 5.41) is 12.0. The van der Waals surface area contributed by atoms with Gasteiger partial charge < -0.3 is 10.4 Å². The fourth-order valence-electron chi connectivity index (χ4n) is 3.41.